The van der Waals surface area contributed by atoms with Crippen LogP contribution in [0.15, 0.2) is 0 Å². The lowest BCUT2D eigenvalue weighted by Crippen LogP contribution is -2.45. The fourth-order valence-corrected chi connectivity index (χ4v) is 3.12. The maximum Gasteiger partial charge on any atom is 0.0558 e. The SMILES string of the molecule is NCC1(CN(CCO)C2CC2)CCCCC1. The summed E-state index contributed by atoms with van der Waals surface area (Å²) in [5, 5.41) is 9.13. The van der Waals surface area contributed by atoms with Crippen LogP contribution in [0.2, 0.25) is 0 Å². The molecule has 0 aromatic carbocycles. The summed E-state index contributed by atoms with van der Waals surface area (Å²) in [6, 6.07) is 0.748. The summed E-state index contributed by atoms with van der Waals surface area (Å²) in [5.74, 6) is 0. The van der Waals surface area contributed by atoms with Crippen LogP contribution in [0.3, 0.4) is 0 Å². The lowest BCUT2D eigenvalue weighted by Gasteiger charge is -2.40. The van der Waals surface area contributed by atoms with Crippen LogP contribution in [-0.2, 0) is 0 Å². The molecule has 2 fully saturated rings. The summed E-state index contributed by atoms with van der Waals surface area (Å²) < 4.78 is 0. The van der Waals surface area contributed by atoms with Crippen molar-refractivity contribution in [2.75, 3.05) is 26.2 Å². The number of nitrogens with two attached hydrogens (primary N) is 1. The molecular weight excluding hydrogens is 200 g/mol. The summed E-state index contributed by atoms with van der Waals surface area (Å²) in [6.07, 6.45) is 9.28. The minimum atomic E-state index is 0.289. The molecular formula is C13H26N2O. The van der Waals surface area contributed by atoms with Crippen molar-refractivity contribution in [1.29, 1.82) is 0 Å². The smallest absolute Gasteiger partial charge is 0.0558 e. The molecule has 0 aromatic heterocycles. The van der Waals surface area contributed by atoms with Gasteiger partial charge in [0, 0.05) is 19.1 Å². The van der Waals surface area contributed by atoms with Crippen molar-refractivity contribution in [3.05, 3.63) is 0 Å². The minimum absolute atomic E-state index is 0.289. The standard InChI is InChI=1S/C13H26N2O/c14-10-13(6-2-1-3-7-13)11-15(8-9-16)12-4-5-12/h12,16H,1-11,14H2. The molecule has 3 nitrogen and oxygen atoms in total. The Hall–Kier alpha value is -0.120. The molecule has 0 aliphatic heterocycles. The zero-order valence-electron chi connectivity index (χ0n) is 10.3. The first-order chi connectivity index (χ1) is 7.79. The molecule has 2 saturated carbocycles. The average Bonchev–Trinajstić information content (AvgIpc) is 3.14. The van der Waals surface area contributed by atoms with Crippen LogP contribution in [0.5, 0.6) is 0 Å². The molecule has 2 rings (SSSR count). The number of hydrogen-bond acceptors (Lipinski definition) is 3. The van der Waals surface area contributed by atoms with Gasteiger partial charge >= 0.3 is 0 Å². The van der Waals surface area contributed by atoms with Crippen molar-refractivity contribution in [3.8, 4) is 0 Å². The van der Waals surface area contributed by atoms with E-state index in [4.69, 9.17) is 10.8 Å². The molecule has 3 N–H and O–H groups in total. The van der Waals surface area contributed by atoms with E-state index in [0.29, 0.717) is 5.41 Å². The first-order valence-electron chi connectivity index (χ1n) is 6.85. The summed E-state index contributed by atoms with van der Waals surface area (Å²) in [6.45, 7) is 3.07. The highest BCUT2D eigenvalue weighted by Gasteiger charge is 2.37. The molecule has 3 heteroatoms. The Morgan fingerprint density at radius 1 is 1.19 bits per heavy atom. The Kier molecular flexibility index (Phi) is 4.22. The summed E-state index contributed by atoms with van der Waals surface area (Å²) in [4.78, 5) is 2.48. The van der Waals surface area contributed by atoms with Gasteiger partial charge in [-0.15, -0.1) is 0 Å². The molecule has 0 spiro atoms. The van der Waals surface area contributed by atoms with Gasteiger partial charge in [0.25, 0.3) is 0 Å². The van der Waals surface area contributed by atoms with Gasteiger partial charge in [-0.05, 0) is 37.6 Å². The van der Waals surface area contributed by atoms with Crippen LogP contribution in [-0.4, -0.2) is 42.3 Å². The first-order valence-corrected chi connectivity index (χ1v) is 6.85. The van der Waals surface area contributed by atoms with Gasteiger partial charge in [-0.2, -0.15) is 0 Å². The molecule has 0 unspecified atom stereocenters. The van der Waals surface area contributed by atoms with E-state index >= 15 is 0 Å². The van der Waals surface area contributed by atoms with E-state index in [1.165, 1.54) is 44.9 Å². The van der Waals surface area contributed by atoms with E-state index in [1.54, 1.807) is 0 Å². The number of rotatable bonds is 6. The van der Waals surface area contributed by atoms with Gasteiger partial charge in [-0.3, -0.25) is 4.90 Å². The Morgan fingerprint density at radius 2 is 1.88 bits per heavy atom. The van der Waals surface area contributed by atoms with Gasteiger partial charge in [0.15, 0.2) is 0 Å². The summed E-state index contributed by atoms with van der Waals surface area (Å²) >= 11 is 0. The topological polar surface area (TPSA) is 49.5 Å². The van der Waals surface area contributed by atoms with Gasteiger partial charge in [0.05, 0.1) is 6.61 Å². The van der Waals surface area contributed by atoms with Crippen LogP contribution < -0.4 is 5.73 Å². The number of hydrogen-bond donors (Lipinski definition) is 2. The van der Waals surface area contributed by atoms with Crippen LogP contribution in [0, 0.1) is 5.41 Å². The Labute approximate surface area is 99.0 Å². The first kappa shape index (κ1) is 12.3. The molecule has 0 radical (unpaired) electrons. The molecule has 0 saturated heterocycles. The van der Waals surface area contributed by atoms with Gasteiger partial charge in [0.2, 0.25) is 0 Å². The maximum atomic E-state index is 9.13. The third-order valence-electron chi connectivity index (χ3n) is 4.34. The fourth-order valence-electron chi connectivity index (χ4n) is 3.12. The lowest BCUT2D eigenvalue weighted by atomic mass is 9.73. The molecule has 2 aliphatic carbocycles. The second-order valence-corrected chi connectivity index (χ2v) is 5.69. The average molecular weight is 226 g/mol. The third-order valence-corrected chi connectivity index (χ3v) is 4.34. The van der Waals surface area contributed by atoms with Crippen molar-refractivity contribution < 1.29 is 5.11 Å². The Balaban J connectivity index is 1.91. The van der Waals surface area contributed by atoms with Crippen LogP contribution in [0.1, 0.15) is 44.9 Å². The van der Waals surface area contributed by atoms with Crippen molar-refractivity contribution in [2.24, 2.45) is 11.1 Å². The predicted octanol–water partition coefficient (Wildman–Crippen LogP) is 1.35. The quantitative estimate of drug-likeness (QED) is 0.719. The highest BCUT2D eigenvalue weighted by molar-refractivity contribution is 4.92. The highest BCUT2D eigenvalue weighted by Crippen LogP contribution is 2.38. The van der Waals surface area contributed by atoms with Crippen molar-refractivity contribution in [1.82, 2.24) is 4.90 Å². The second kappa shape index (κ2) is 5.48. The van der Waals surface area contributed by atoms with E-state index < -0.39 is 0 Å². The number of aliphatic hydroxyl groups excluding tert-OH is 1. The van der Waals surface area contributed by atoms with Crippen molar-refractivity contribution in [3.63, 3.8) is 0 Å². The minimum Gasteiger partial charge on any atom is -0.395 e. The zero-order valence-corrected chi connectivity index (χ0v) is 10.3. The third kappa shape index (κ3) is 2.96. The Bertz CT molecular complexity index is 210. The molecule has 16 heavy (non-hydrogen) atoms. The zero-order chi connectivity index (χ0) is 11.4. The van der Waals surface area contributed by atoms with Gasteiger partial charge in [0.1, 0.15) is 0 Å². The van der Waals surface area contributed by atoms with Gasteiger partial charge < -0.3 is 10.8 Å². The van der Waals surface area contributed by atoms with E-state index in [2.05, 4.69) is 4.90 Å². The van der Waals surface area contributed by atoms with Crippen molar-refractivity contribution >= 4 is 0 Å². The second-order valence-electron chi connectivity index (χ2n) is 5.69. The van der Waals surface area contributed by atoms with Crippen molar-refractivity contribution in [2.45, 2.75) is 51.0 Å². The Morgan fingerprint density at radius 3 is 2.38 bits per heavy atom. The predicted molar refractivity (Wildman–Crippen MR) is 66.3 cm³/mol. The molecule has 0 amide bonds. The van der Waals surface area contributed by atoms with Crippen LogP contribution in [0.25, 0.3) is 0 Å². The largest absolute Gasteiger partial charge is 0.395 e. The molecule has 0 heterocycles. The summed E-state index contributed by atoms with van der Waals surface area (Å²) in [7, 11) is 0. The van der Waals surface area contributed by atoms with Gasteiger partial charge in [-0.25, -0.2) is 0 Å². The van der Waals surface area contributed by atoms with E-state index in [9.17, 15) is 0 Å². The maximum absolute atomic E-state index is 9.13. The fraction of sp³-hybridized carbons (Fsp3) is 1.00. The van der Waals surface area contributed by atoms with Gasteiger partial charge in [-0.1, -0.05) is 19.3 Å². The normalized spacial score (nSPS) is 24.9. The molecule has 0 aromatic rings. The highest BCUT2D eigenvalue weighted by atomic mass is 16.3. The molecule has 0 bridgehead atoms. The van der Waals surface area contributed by atoms with E-state index in [-0.39, 0.29) is 6.61 Å². The number of aliphatic hydroxyl groups is 1. The van der Waals surface area contributed by atoms with Crippen LogP contribution >= 0.6 is 0 Å². The van der Waals surface area contributed by atoms with E-state index in [0.717, 1.165) is 25.7 Å². The number of nitrogens with zero attached hydrogens (tertiary/aromatic N) is 1. The molecule has 2 aliphatic rings. The summed E-state index contributed by atoms with van der Waals surface area (Å²) in [5.41, 5.74) is 6.37. The van der Waals surface area contributed by atoms with E-state index in [1.807, 2.05) is 0 Å². The molecule has 94 valence electrons. The lowest BCUT2D eigenvalue weighted by molar-refractivity contribution is 0.0909. The van der Waals surface area contributed by atoms with Crippen LogP contribution in [0.4, 0.5) is 0 Å². The monoisotopic (exact) mass is 226 g/mol. The molecule has 0 atom stereocenters.